The van der Waals surface area contributed by atoms with Crippen molar-refractivity contribution in [2.45, 2.75) is 58.8 Å². The number of benzene rings is 1. The topological polar surface area (TPSA) is 93.7 Å². The Labute approximate surface area is 169 Å². The van der Waals surface area contributed by atoms with Crippen molar-refractivity contribution in [2.24, 2.45) is 0 Å². The number of carbonyl (C=O) groups excluding carboxylic acids is 2. The number of fused-ring (bicyclic) bond motifs is 1. The van der Waals surface area contributed by atoms with E-state index < -0.39 is 17.2 Å². The van der Waals surface area contributed by atoms with Crippen LogP contribution in [0.25, 0.3) is 0 Å². The maximum Gasteiger partial charge on any atom is 0.329 e. The number of anilines is 1. The van der Waals surface area contributed by atoms with Crippen molar-refractivity contribution in [1.29, 1.82) is 0 Å². The number of nitrogens with zero attached hydrogens (tertiary/aromatic N) is 3. The lowest BCUT2D eigenvalue weighted by atomic mass is 9.92. The third kappa shape index (κ3) is 3.04. The fourth-order valence-corrected chi connectivity index (χ4v) is 3.72. The lowest BCUT2D eigenvalue weighted by Crippen LogP contribution is -2.43. The van der Waals surface area contributed by atoms with Gasteiger partial charge in [0, 0.05) is 5.56 Å². The van der Waals surface area contributed by atoms with Gasteiger partial charge in [-0.2, -0.15) is 0 Å². The average Bonchev–Trinajstić information content (AvgIpc) is 3.12. The molecule has 1 fully saturated rings. The normalized spacial score (nSPS) is 22.6. The number of aromatic nitrogens is 2. The van der Waals surface area contributed by atoms with Crippen molar-refractivity contribution < 1.29 is 19.1 Å². The molecule has 0 bridgehead atoms. The van der Waals surface area contributed by atoms with Crippen LogP contribution in [0.2, 0.25) is 0 Å². The molecule has 2 aliphatic rings. The second kappa shape index (κ2) is 6.52. The number of aryl methyl sites for hydroxylation is 1. The van der Waals surface area contributed by atoms with Crippen LogP contribution in [-0.2, 0) is 21.7 Å². The third-order valence-corrected chi connectivity index (χ3v) is 5.73. The number of carbonyl (C=O) groups is 2. The predicted molar refractivity (Wildman–Crippen MR) is 106 cm³/mol. The summed E-state index contributed by atoms with van der Waals surface area (Å²) in [6, 6.07) is 3.51. The first-order valence-corrected chi connectivity index (χ1v) is 9.60. The van der Waals surface area contributed by atoms with E-state index in [0.717, 1.165) is 21.6 Å². The monoisotopic (exact) mass is 396 g/mol. The van der Waals surface area contributed by atoms with Gasteiger partial charge in [0.1, 0.15) is 11.3 Å². The third-order valence-electron chi connectivity index (χ3n) is 5.73. The van der Waals surface area contributed by atoms with Crippen molar-refractivity contribution in [1.82, 2.24) is 15.3 Å². The molecule has 3 amide bonds. The predicted octanol–water partition coefficient (Wildman–Crippen LogP) is 3.57. The Bertz CT molecular complexity index is 1000. The van der Waals surface area contributed by atoms with Crippen molar-refractivity contribution >= 4 is 17.6 Å². The van der Waals surface area contributed by atoms with Gasteiger partial charge in [-0.15, -0.1) is 0 Å². The number of urea groups is 1. The van der Waals surface area contributed by atoms with Crippen molar-refractivity contribution in [2.75, 3.05) is 4.90 Å². The van der Waals surface area contributed by atoms with Gasteiger partial charge in [-0.3, -0.25) is 4.79 Å². The number of ether oxygens (including phenoxy) is 2. The van der Waals surface area contributed by atoms with Crippen LogP contribution in [0, 0.1) is 6.92 Å². The van der Waals surface area contributed by atoms with Gasteiger partial charge in [0.05, 0.1) is 30.3 Å². The maximum atomic E-state index is 12.6. The molecule has 1 saturated heterocycles. The fourth-order valence-electron chi connectivity index (χ4n) is 3.72. The molecule has 0 radical (unpaired) electrons. The van der Waals surface area contributed by atoms with E-state index in [0.29, 0.717) is 24.5 Å². The number of hydrogen-bond donors (Lipinski definition) is 1. The van der Waals surface area contributed by atoms with Gasteiger partial charge in [-0.05, 0) is 51.3 Å². The molecule has 8 heteroatoms. The van der Waals surface area contributed by atoms with Gasteiger partial charge in [0.2, 0.25) is 0 Å². The van der Waals surface area contributed by atoms with Crippen LogP contribution in [0.4, 0.5) is 10.5 Å². The Morgan fingerprint density at radius 1 is 1.21 bits per heavy atom. The quantitative estimate of drug-likeness (QED) is 0.794. The number of amides is 3. The van der Waals surface area contributed by atoms with Crippen molar-refractivity contribution in [3.63, 3.8) is 0 Å². The van der Waals surface area contributed by atoms with Gasteiger partial charge in [0.25, 0.3) is 5.91 Å². The van der Waals surface area contributed by atoms with E-state index in [1.165, 1.54) is 12.4 Å². The summed E-state index contributed by atoms with van der Waals surface area (Å²) in [6.07, 6.45) is 3.32. The summed E-state index contributed by atoms with van der Waals surface area (Å²) in [7, 11) is 0. The molecule has 3 heterocycles. The second-order valence-corrected chi connectivity index (χ2v) is 8.12. The average molecular weight is 396 g/mol. The van der Waals surface area contributed by atoms with E-state index in [-0.39, 0.29) is 11.9 Å². The zero-order valence-electron chi connectivity index (χ0n) is 17.2. The molecule has 8 nitrogen and oxygen atoms in total. The van der Waals surface area contributed by atoms with Crippen molar-refractivity contribution in [3.8, 4) is 11.8 Å². The summed E-state index contributed by atoms with van der Waals surface area (Å²) in [5.41, 5.74) is 2.16. The Hall–Kier alpha value is -3.00. The van der Waals surface area contributed by atoms with Crippen LogP contribution in [0.3, 0.4) is 0 Å². The minimum atomic E-state index is -0.916. The standard InChI is InChI=1S/C21H24N4O4/c1-6-21(5)17(26)25(19(27)24-21)13-9-22-18(23-10-13)29-15-8-7-12(2)14-11-28-20(3,4)16(14)15/h7-10H,6,11H2,1-5H3,(H,24,27)/t21-/m1/s1. The van der Waals surface area contributed by atoms with E-state index in [2.05, 4.69) is 15.3 Å². The molecule has 1 aromatic carbocycles. The summed E-state index contributed by atoms with van der Waals surface area (Å²) >= 11 is 0. The van der Waals surface area contributed by atoms with Crippen LogP contribution in [0.15, 0.2) is 24.5 Å². The van der Waals surface area contributed by atoms with E-state index >= 15 is 0 Å². The van der Waals surface area contributed by atoms with E-state index in [1.807, 2.05) is 39.8 Å². The van der Waals surface area contributed by atoms with E-state index in [4.69, 9.17) is 9.47 Å². The Morgan fingerprint density at radius 3 is 2.52 bits per heavy atom. The van der Waals surface area contributed by atoms with E-state index in [9.17, 15) is 9.59 Å². The molecular formula is C21H24N4O4. The lowest BCUT2D eigenvalue weighted by molar-refractivity contribution is -0.121. The first-order valence-electron chi connectivity index (χ1n) is 9.60. The molecule has 0 aliphatic carbocycles. The highest BCUT2D eigenvalue weighted by Crippen LogP contribution is 2.44. The second-order valence-electron chi connectivity index (χ2n) is 8.12. The highest BCUT2D eigenvalue weighted by Gasteiger charge is 2.47. The summed E-state index contributed by atoms with van der Waals surface area (Å²) in [4.78, 5) is 34.4. The van der Waals surface area contributed by atoms with Gasteiger partial charge in [-0.1, -0.05) is 13.0 Å². The Balaban J connectivity index is 1.61. The molecule has 0 unspecified atom stereocenters. The Morgan fingerprint density at radius 2 is 1.90 bits per heavy atom. The van der Waals surface area contributed by atoms with Crippen LogP contribution >= 0.6 is 0 Å². The highest BCUT2D eigenvalue weighted by atomic mass is 16.5. The molecule has 1 atom stereocenters. The summed E-state index contributed by atoms with van der Waals surface area (Å²) in [6.45, 7) is 10.1. The summed E-state index contributed by atoms with van der Waals surface area (Å²) in [5.74, 6) is 0.312. The molecular weight excluding hydrogens is 372 g/mol. The van der Waals surface area contributed by atoms with Crippen LogP contribution in [0.1, 0.15) is 50.8 Å². The fraction of sp³-hybridized carbons (Fsp3) is 0.429. The molecule has 2 aromatic rings. The van der Waals surface area contributed by atoms with Crippen LogP contribution in [-0.4, -0.2) is 27.4 Å². The number of rotatable bonds is 4. The van der Waals surface area contributed by atoms with Gasteiger partial charge in [-0.25, -0.2) is 19.7 Å². The highest BCUT2D eigenvalue weighted by molar-refractivity contribution is 6.23. The smallest absolute Gasteiger partial charge is 0.329 e. The van der Waals surface area contributed by atoms with Crippen molar-refractivity contribution in [3.05, 3.63) is 41.2 Å². The molecule has 1 N–H and O–H groups in total. The first-order chi connectivity index (χ1) is 13.7. The minimum Gasteiger partial charge on any atom is -0.424 e. The molecule has 0 saturated carbocycles. The van der Waals surface area contributed by atoms with E-state index in [1.54, 1.807) is 6.92 Å². The number of nitrogens with one attached hydrogen (secondary N) is 1. The van der Waals surface area contributed by atoms with Gasteiger partial charge < -0.3 is 14.8 Å². The number of hydrogen-bond acceptors (Lipinski definition) is 6. The summed E-state index contributed by atoms with van der Waals surface area (Å²) < 4.78 is 11.8. The maximum absolute atomic E-state index is 12.6. The van der Waals surface area contributed by atoms with Gasteiger partial charge in [0.15, 0.2) is 0 Å². The first kappa shape index (κ1) is 19.3. The SMILES string of the molecule is CC[C@@]1(C)NC(=O)N(c2cnc(Oc3ccc(C)c4c3C(C)(C)OC4)nc2)C1=O. The molecule has 0 spiro atoms. The Kier molecular flexibility index (Phi) is 4.34. The molecule has 2 aliphatic heterocycles. The van der Waals surface area contributed by atoms with Crippen LogP contribution < -0.4 is 15.0 Å². The molecule has 1 aromatic heterocycles. The molecule has 4 rings (SSSR count). The van der Waals surface area contributed by atoms with Crippen LogP contribution in [0.5, 0.6) is 11.8 Å². The zero-order valence-corrected chi connectivity index (χ0v) is 17.2. The lowest BCUT2D eigenvalue weighted by Gasteiger charge is -2.21. The molecule has 29 heavy (non-hydrogen) atoms. The summed E-state index contributed by atoms with van der Waals surface area (Å²) in [5, 5.41) is 2.71. The molecule has 152 valence electrons. The minimum absolute atomic E-state index is 0.132. The zero-order chi connectivity index (χ0) is 21.0. The number of imide groups is 1. The van der Waals surface area contributed by atoms with Gasteiger partial charge >= 0.3 is 12.0 Å². The largest absolute Gasteiger partial charge is 0.424 e.